The van der Waals surface area contributed by atoms with Gasteiger partial charge in [0.25, 0.3) is 0 Å². The molecule has 21 heavy (non-hydrogen) atoms. The Balaban J connectivity index is 2.38. The molecule has 1 aromatic rings. The van der Waals surface area contributed by atoms with Crippen molar-refractivity contribution in [3.63, 3.8) is 0 Å². The lowest BCUT2D eigenvalue weighted by molar-refractivity contribution is 0.0530. The van der Waals surface area contributed by atoms with Gasteiger partial charge in [0.2, 0.25) is 0 Å². The summed E-state index contributed by atoms with van der Waals surface area (Å²) in [6.07, 6.45) is -0.385. The van der Waals surface area contributed by atoms with Crippen LogP contribution >= 0.6 is 0 Å². The Morgan fingerprint density at radius 1 is 1.24 bits per heavy atom. The highest BCUT2D eigenvalue weighted by Gasteiger charge is 2.15. The van der Waals surface area contributed by atoms with Crippen molar-refractivity contribution in [1.29, 1.82) is 0 Å². The maximum atomic E-state index is 11.5. The minimum atomic E-state index is -0.462. The number of nitrogens with one attached hydrogen (secondary N) is 2. The highest BCUT2D eigenvalue weighted by molar-refractivity contribution is 5.67. The molecule has 0 unspecified atom stereocenters. The van der Waals surface area contributed by atoms with E-state index in [2.05, 4.69) is 40.7 Å². The molecule has 0 bridgehead atoms. The first kappa shape index (κ1) is 17.1. The van der Waals surface area contributed by atoms with E-state index in [0.29, 0.717) is 13.1 Å². The maximum Gasteiger partial charge on any atom is 0.407 e. The van der Waals surface area contributed by atoms with Crippen molar-refractivity contribution in [2.45, 2.75) is 33.3 Å². The van der Waals surface area contributed by atoms with Gasteiger partial charge in [-0.15, -0.1) is 0 Å². The highest BCUT2D eigenvalue weighted by Crippen LogP contribution is 2.20. The molecule has 0 radical (unpaired) electrons. The second kappa shape index (κ2) is 7.20. The van der Waals surface area contributed by atoms with E-state index < -0.39 is 5.60 Å². The molecule has 0 heterocycles. The van der Waals surface area contributed by atoms with Crippen molar-refractivity contribution in [3.05, 3.63) is 23.8 Å². The van der Waals surface area contributed by atoms with Crippen molar-refractivity contribution < 1.29 is 9.53 Å². The van der Waals surface area contributed by atoms with Crippen LogP contribution in [0.1, 0.15) is 26.3 Å². The fourth-order valence-electron chi connectivity index (χ4n) is 1.80. The van der Waals surface area contributed by atoms with Crippen LogP contribution in [0.2, 0.25) is 0 Å². The second-order valence-electron chi connectivity index (χ2n) is 6.25. The largest absolute Gasteiger partial charge is 0.444 e. The van der Waals surface area contributed by atoms with Crippen LogP contribution in [-0.2, 0) is 4.74 Å². The second-order valence-corrected chi connectivity index (χ2v) is 6.25. The van der Waals surface area contributed by atoms with Crippen molar-refractivity contribution in [2.24, 2.45) is 0 Å². The topological polar surface area (TPSA) is 53.6 Å². The summed E-state index contributed by atoms with van der Waals surface area (Å²) in [5.74, 6) is 0. The predicted molar refractivity (Wildman–Crippen MR) is 88.2 cm³/mol. The predicted octanol–water partition coefficient (Wildman–Crippen LogP) is 3.00. The third kappa shape index (κ3) is 6.38. The summed E-state index contributed by atoms with van der Waals surface area (Å²) in [4.78, 5) is 13.6. The van der Waals surface area contributed by atoms with E-state index in [4.69, 9.17) is 4.74 Å². The Morgan fingerprint density at radius 3 is 2.43 bits per heavy atom. The number of rotatable bonds is 5. The van der Waals surface area contributed by atoms with Crippen LogP contribution < -0.4 is 15.5 Å². The number of alkyl carbamates (subject to hydrolysis) is 1. The summed E-state index contributed by atoms with van der Waals surface area (Å²) in [6.45, 7) is 8.78. The van der Waals surface area contributed by atoms with E-state index in [-0.39, 0.29) is 6.09 Å². The molecule has 1 amide bonds. The third-order valence-electron chi connectivity index (χ3n) is 2.84. The van der Waals surface area contributed by atoms with Gasteiger partial charge in [-0.25, -0.2) is 4.79 Å². The number of benzene rings is 1. The lowest BCUT2D eigenvalue weighted by atomic mass is 10.1. The summed E-state index contributed by atoms with van der Waals surface area (Å²) >= 11 is 0. The first-order valence-electron chi connectivity index (χ1n) is 7.18. The van der Waals surface area contributed by atoms with Gasteiger partial charge in [0.15, 0.2) is 0 Å². The average Bonchev–Trinajstić information content (AvgIpc) is 2.33. The quantitative estimate of drug-likeness (QED) is 0.820. The molecule has 0 aliphatic heterocycles. The van der Waals surface area contributed by atoms with Crippen LogP contribution in [0.4, 0.5) is 16.2 Å². The Hall–Kier alpha value is -1.91. The fourth-order valence-corrected chi connectivity index (χ4v) is 1.80. The number of amides is 1. The van der Waals surface area contributed by atoms with Crippen LogP contribution in [0.5, 0.6) is 0 Å². The summed E-state index contributed by atoms with van der Waals surface area (Å²) in [5, 5.41) is 6.04. The first-order valence-corrected chi connectivity index (χ1v) is 7.18. The molecule has 0 aliphatic carbocycles. The molecule has 0 aliphatic rings. The van der Waals surface area contributed by atoms with Gasteiger partial charge in [0.1, 0.15) is 5.60 Å². The van der Waals surface area contributed by atoms with Crippen LogP contribution in [-0.4, -0.2) is 38.9 Å². The lowest BCUT2D eigenvalue weighted by Crippen LogP contribution is -2.35. The van der Waals surface area contributed by atoms with Gasteiger partial charge in [0.05, 0.1) is 0 Å². The minimum absolute atomic E-state index is 0.385. The molecule has 5 nitrogen and oxygen atoms in total. The van der Waals surface area contributed by atoms with E-state index in [0.717, 1.165) is 5.69 Å². The summed E-state index contributed by atoms with van der Waals surface area (Å²) < 4.78 is 5.17. The van der Waals surface area contributed by atoms with Gasteiger partial charge in [-0.2, -0.15) is 0 Å². The summed E-state index contributed by atoms with van der Waals surface area (Å²) in [6, 6.07) is 6.25. The molecule has 2 N–H and O–H groups in total. The zero-order valence-corrected chi connectivity index (χ0v) is 13.9. The molecule has 1 rings (SSSR count). The molecule has 0 atom stereocenters. The van der Waals surface area contributed by atoms with Crippen LogP contribution in [0.25, 0.3) is 0 Å². The van der Waals surface area contributed by atoms with Gasteiger partial charge in [-0.1, -0.05) is 0 Å². The Bertz CT molecular complexity index is 479. The molecule has 0 fully saturated rings. The summed E-state index contributed by atoms with van der Waals surface area (Å²) in [5.41, 5.74) is 2.96. The standard InChI is InChI=1S/C16H27N3O2/c1-12-11-13(19(5)6)7-8-14(12)17-9-10-18-15(20)21-16(2,3)4/h7-8,11,17H,9-10H2,1-6H3,(H,18,20). The van der Waals surface area contributed by atoms with Gasteiger partial charge >= 0.3 is 6.09 Å². The molecule has 0 saturated carbocycles. The Kier molecular flexibility index (Phi) is 5.88. The lowest BCUT2D eigenvalue weighted by Gasteiger charge is -2.20. The van der Waals surface area contributed by atoms with Crippen molar-refractivity contribution in [2.75, 3.05) is 37.4 Å². The van der Waals surface area contributed by atoms with E-state index in [1.165, 1.54) is 11.3 Å². The van der Waals surface area contributed by atoms with Crippen molar-refractivity contribution >= 4 is 17.5 Å². The number of hydrogen-bond acceptors (Lipinski definition) is 4. The molecule has 118 valence electrons. The van der Waals surface area contributed by atoms with E-state index in [1.54, 1.807) is 0 Å². The van der Waals surface area contributed by atoms with Gasteiger partial charge in [0, 0.05) is 38.6 Å². The summed E-state index contributed by atoms with van der Waals surface area (Å²) in [7, 11) is 4.04. The zero-order valence-electron chi connectivity index (χ0n) is 13.9. The number of anilines is 2. The van der Waals surface area contributed by atoms with E-state index in [1.807, 2.05) is 34.9 Å². The minimum Gasteiger partial charge on any atom is -0.444 e. The monoisotopic (exact) mass is 293 g/mol. The van der Waals surface area contributed by atoms with Crippen molar-refractivity contribution in [3.8, 4) is 0 Å². The molecular weight excluding hydrogens is 266 g/mol. The van der Waals surface area contributed by atoms with Gasteiger partial charge < -0.3 is 20.3 Å². The van der Waals surface area contributed by atoms with Crippen LogP contribution in [0, 0.1) is 6.92 Å². The molecule has 0 spiro atoms. The normalized spacial score (nSPS) is 11.0. The molecule has 0 saturated heterocycles. The fraction of sp³-hybridized carbons (Fsp3) is 0.562. The number of aryl methyl sites for hydroxylation is 1. The van der Waals surface area contributed by atoms with Gasteiger partial charge in [-0.05, 0) is 51.5 Å². The zero-order chi connectivity index (χ0) is 16.0. The number of carbonyl (C=O) groups is 1. The molecule has 0 aromatic heterocycles. The average molecular weight is 293 g/mol. The highest BCUT2D eigenvalue weighted by atomic mass is 16.6. The number of hydrogen-bond donors (Lipinski definition) is 2. The third-order valence-corrected chi connectivity index (χ3v) is 2.84. The SMILES string of the molecule is Cc1cc(N(C)C)ccc1NCCNC(=O)OC(C)(C)C. The Labute approximate surface area is 127 Å². The number of ether oxygens (including phenoxy) is 1. The first-order chi connectivity index (χ1) is 9.69. The molecule has 1 aromatic carbocycles. The maximum absolute atomic E-state index is 11.5. The smallest absolute Gasteiger partial charge is 0.407 e. The van der Waals surface area contributed by atoms with Gasteiger partial charge in [-0.3, -0.25) is 0 Å². The van der Waals surface area contributed by atoms with Crippen molar-refractivity contribution in [1.82, 2.24) is 5.32 Å². The van der Waals surface area contributed by atoms with Crippen LogP contribution in [0.15, 0.2) is 18.2 Å². The molecular formula is C16H27N3O2. The van der Waals surface area contributed by atoms with Crippen LogP contribution in [0.3, 0.4) is 0 Å². The number of nitrogens with zero attached hydrogens (tertiary/aromatic N) is 1. The molecule has 5 heteroatoms. The van der Waals surface area contributed by atoms with E-state index in [9.17, 15) is 4.79 Å². The number of carbonyl (C=O) groups excluding carboxylic acids is 1. The Morgan fingerprint density at radius 2 is 1.90 bits per heavy atom. The van der Waals surface area contributed by atoms with E-state index >= 15 is 0 Å².